The lowest BCUT2D eigenvalue weighted by Crippen LogP contribution is -2.35. The van der Waals surface area contributed by atoms with Crippen molar-refractivity contribution in [3.05, 3.63) is 60.2 Å². The van der Waals surface area contributed by atoms with E-state index in [2.05, 4.69) is 36.4 Å². The molecule has 0 aliphatic heterocycles. The van der Waals surface area contributed by atoms with Crippen molar-refractivity contribution in [3.8, 4) is 11.1 Å². The molecule has 0 atom stereocenters. The highest BCUT2D eigenvalue weighted by Crippen LogP contribution is 2.20. The summed E-state index contributed by atoms with van der Waals surface area (Å²) in [6, 6.07) is 18.7. The minimum absolute atomic E-state index is 0.0676. The van der Waals surface area contributed by atoms with Crippen molar-refractivity contribution in [2.45, 2.75) is 26.4 Å². The lowest BCUT2D eigenvalue weighted by atomic mass is 10.0. The third kappa shape index (κ3) is 4.43. The Labute approximate surface area is 125 Å². The monoisotopic (exact) mass is 283 g/mol. The van der Waals surface area contributed by atoms with Crippen LogP contribution in [0.15, 0.2) is 54.6 Å². The molecule has 0 saturated carbocycles. The van der Waals surface area contributed by atoms with E-state index in [0.29, 0.717) is 6.54 Å². The van der Waals surface area contributed by atoms with E-state index in [9.17, 15) is 4.79 Å². The minimum Gasteiger partial charge on any atom is -0.480 e. The Kier molecular flexibility index (Phi) is 5.12. The van der Waals surface area contributed by atoms with Gasteiger partial charge in [-0.1, -0.05) is 54.6 Å². The van der Waals surface area contributed by atoms with Gasteiger partial charge in [0.25, 0.3) is 0 Å². The van der Waals surface area contributed by atoms with Gasteiger partial charge in [-0.25, -0.2) is 0 Å². The number of carboxylic acids is 1. The second-order valence-corrected chi connectivity index (χ2v) is 5.46. The van der Waals surface area contributed by atoms with E-state index in [4.69, 9.17) is 5.11 Å². The van der Waals surface area contributed by atoms with E-state index in [1.165, 1.54) is 11.1 Å². The lowest BCUT2D eigenvalue weighted by Gasteiger charge is -2.24. The maximum atomic E-state index is 10.9. The van der Waals surface area contributed by atoms with E-state index in [1.54, 1.807) is 0 Å². The summed E-state index contributed by atoms with van der Waals surface area (Å²) in [4.78, 5) is 12.8. The van der Waals surface area contributed by atoms with Gasteiger partial charge in [0.05, 0.1) is 6.54 Å². The molecule has 0 fully saturated rings. The van der Waals surface area contributed by atoms with Crippen LogP contribution in [0.25, 0.3) is 11.1 Å². The van der Waals surface area contributed by atoms with Crippen LogP contribution in [-0.4, -0.2) is 28.6 Å². The molecule has 1 N–H and O–H groups in total. The van der Waals surface area contributed by atoms with E-state index in [1.807, 2.05) is 36.9 Å². The van der Waals surface area contributed by atoms with Crippen LogP contribution in [0.3, 0.4) is 0 Å². The smallest absolute Gasteiger partial charge is 0.317 e. The summed E-state index contributed by atoms with van der Waals surface area (Å²) in [7, 11) is 0. The van der Waals surface area contributed by atoms with Crippen molar-refractivity contribution >= 4 is 5.97 Å². The number of hydrogen-bond donors (Lipinski definition) is 1. The Morgan fingerprint density at radius 1 is 1.00 bits per heavy atom. The molecule has 0 bridgehead atoms. The molecular formula is C18H21NO2. The molecule has 0 heterocycles. The van der Waals surface area contributed by atoms with E-state index in [-0.39, 0.29) is 12.6 Å². The molecule has 2 aromatic rings. The molecule has 0 radical (unpaired) electrons. The Morgan fingerprint density at radius 3 is 2.10 bits per heavy atom. The summed E-state index contributed by atoms with van der Waals surface area (Å²) in [5.74, 6) is -0.787. The molecule has 0 aliphatic carbocycles. The Bertz CT molecular complexity index is 576. The number of hydrogen-bond acceptors (Lipinski definition) is 2. The van der Waals surface area contributed by atoms with Gasteiger partial charge >= 0.3 is 5.97 Å². The van der Waals surface area contributed by atoms with Gasteiger partial charge in [0.15, 0.2) is 0 Å². The predicted molar refractivity (Wildman–Crippen MR) is 85.1 cm³/mol. The van der Waals surface area contributed by atoms with Gasteiger partial charge in [-0.05, 0) is 30.5 Å². The third-order valence-electron chi connectivity index (χ3n) is 3.52. The predicted octanol–water partition coefficient (Wildman–Crippen LogP) is 3.65. The molecule has 110 valence electrons. The van der Waals surface area contributed by atoms with Crippen LogP contribution in [-0.2, 0) is 11.3 Å². The Balaban J connectivity index is 2.10. The number of aliphatic carboxylic acids is 1. The summed E-state index contributed by atoms with van der Waals surface area (Å²) >= 11 is 0. The van der Waals surface area contributed by atoms with Gasteiger partial charge < -0.3 is 5.11 Å². The van der Waals surface area contributed by atoms with Gasteiger partial charge in [-0.3, -0.25) is 9.69 Å². The molecule has 0 aromatic heterocycles. The fourth-order valence-corrected chi connectivity index (χ4v) is 2.26. The largest absolute Gasteiger partial charge is 0.480 e. The zero-order valence-corrected chi connectivity index (χ0v) is 12.5. The SMILES string of the molecule is CC(C)N(CC(=O)O)Cc1ccc(-c2ccccc2)cc1. The Morgan fingerprint density at radius 2 is 1.57 bits per heavy atom. The number of benzene rings is 2. The Hall–Kier alpha value is -2.13. The van der Waals surface area contributed by atoms with Crippen molar-refractivity contribution in [3.63, 3.8) is 0 Å². The summed E-state index contributed by atoms with van der Waals surface area (Å²) in [5.41, 5.74) is 3.49. The summed E-state index contributed by atoms with van der Waals surface area (Å²) < 4.78 is 0. The van der Waals surface area contributed by atoms with Crippen LogP contribution in [0, 0.1) is 0 Å². The highest BCUT2D eigenvalue weighted by Gasteiger charge is 2.13. The molecule has 0 saturated heterocycles. The van der Waals surface area contributed by atoms with Crippen LogP contribution < -0.4 is 0 Å². The van der Waals surface area contributed by atoms with Gasteiger partial charge in [-0.15, -0.1) is 0 Å². The third-order valence-corrected chi connectivity index (χ3v) is 3.52. The zero-order valence-electron chi connectivity index (χ0n) is 12.5. The first-order valence-corrected chi connectivity index (χ1v) is 7.16. The van der Waals surface area contributed by atoms with Crippen molar-refractivity contribution in [2.75, 3.05) is 6.54 Å². The number of rotatable bonds is 6. The topological polar surface area (TPSA) is 40.5 Å². The first-order valence-electron chi connectivity index (χ1n) is 7.16. The average Bonchev–Trinajstić information content (AvgIpc) is 2.48. The second kappa shape index (κ2) is 7.04. The fraction of sp³-hybridized carbons (Fsp3) is 0.278. The van der Waals surface area contributed by atoms with Gasteiger partial charge in [0.1, 0.15) is 0 Å². The van der Waals surface area contributed by atoms with Crippen LogP contribution in [0.1, 0.15) is 19.4 Å². The van der Waals surface area contributed by atoms with Crippen molar-refractivity contribution in [1.82, 2.24) is 4.90 Å². The molecule has 2 rings (SSSR count). The molecule has 3 nitrogen and oxygen atoms in total. The number of carbonyl (C=O) groups is 1. The fourth-order valence-electron chi connectivity index (χ4n) is 2.26. The first-order chi connectivity index (χ1) is 10.1. The van der Waals surface area contributed by atoms with Gasteiger partial charge in [0.2, 0.25) is 0 Å². The molecule has 2 aromatic carbocycles. The molecule has 0 spiro atoms. The molecule has 3 heteroatoms. The van der Waals surface area contributed by atoms with E-state index in [0.717, 1.165) is 5.56 Å². The van der Waals surface area contributed by atoms with E-state index < -0.39 is 5.97 Å². The average molecular weight is 283 g/mol. The molecular weight excluding hydrogens is 262 g/mol. The van der Waals surface area contributed by atoms with Crippen LogP contribution >= 0.6 is 0 Å². The molecule has 0 unspecified atom stereocenters. The van der Waals surface area contributed by atoms with Crippen LogP contribution in [0.5, 0.6) is 0 Å². The molecule has 0 amide bonds. The van der Waals surface area contributed by atoms with E-state index >= 15 is 0 Å². The minimum atomic E-state index is -0.787. The number of carboxylic acid groups (broad SMARTS) is 1. The number of nitrogens with zero attached hydrogens (tertiary/aromatic N) is 1. The first kappa shape index (κ1) is 15.3. The van der Waals surface area contributed by atoms with Crippen LogP contribution in [0.4, 0.5) is 0 Å². The standard InChI is InChI=1S/C18H21NO2/c1-14(2)19(13-18(20)21)12-15-8-10-17(11-9-15)16-6-4-3-5-7-16/h3-11,14H,12-13H2,1-2H3,(H,20,21). The molecule has 21 heavy (non-hydrogen) atoms. The summed E-state index contributed by atoms with van der Waals surface area (Å²) in [5, 5.41) is 8.96. The summed E-state index contributed by atoms with van der Waals surface area (Å²) in [6.07, 6.45) is 0. The van der Waals surface area contributed by atoms with Gasteiger partial charge in [0, 0.05) is 12.6 Å². The molecule has 0 aliphatic rings. The second-order valence-electron chi connectivity index (χ2n) is 5.46. The normalized spacial score (nSPS) is 11.0. The highest BCUT2D eigenvalue weighted by molar-refractivity contribution is 5.69. The maximum absolute atomic E-state index is 10.9. The maximum Gasteiger partial charge on any atom is 0.317 e. The van der Waals surface area contributed by atoms with Crippen molar-refractivity contribution in [2.24, 2.45) is 0 Å². The van der Waals surface area contributed by atoms with Crippen molar-refractivity contribution < 1.29 is 9.90 Å². The lowest BCUT2D eigenvalue weighted by molar-refractivity contribution is -0.138. The van der Waals surface area contributed by atoms with Gasteiger partial charge in [-0.2, -0.15) is 0 Å². The van der Waals surface area contributed by atoms with Crippen molar-refractivity contribution in [1.29, 1.82) is 0 Å². The summed E-state index contributed by atoms with van der Waals surface area (Å²) in [6.45, 7) is 4.75. The zero-order chi connectivity index (χ0) is 15.2. The van der Waals surface area contributed by atoms with Crippen LogP contribution in [0.2, 0.25) is 0 Å². The quantitative estimate of drug-likeness (QED) is 0.879. The highest BCUT2D eigenvalue weighted by atomic mass is 16.4.